The van der Waals surface area contributed by atoms with Crippen LogP contribution in [0.3, 0.4) is 0 Å². The van der Waals surface area contributed by atoms with Gasteiger partial charge in [-0.1, -0.05) is 25.0 Å². The van der Waals surface area contributed by atoms with Crippen LogP contribution in [0.25, 0.3) is 0 Å². The molecule has 1 aromatic carbocycles. The Bertz CT molecular complexity index is 588. The number of amides is 1. The van der Waals surface area contributed by atoms with Crippen LogP contribution >= 0.6 is 0 Å². The lowest BCUT2D eigenvalue weighted by Gasteiger charge is -2.36. The van der Waals surface area contributed by atoms with Gasteiger partial charge in [-0.3, -0.25) is 4.79 Å². The van der Waals surface area contributed by atoms with Gasteiger partial charge in [0, 0.05) is 6.54 Å². The van der Waals surface area contributed by atoms with Gasteiger partial charge in [-0.05, 0) is 30.5 Å². The first-order valence-electron chi connectivity index (χ1n) is 7.72. The van der Waals surface area contributed by atoms with Crippen LogP contribution in [0, 0.1) is 22.6 Å². The first-order valence-corrected chi connectivity index (χ1v) is 7.72. The largest absolute Gasteiger partial charge is 0.370 e. The number of carbonyl (C=O) groups excluding carboxylic acids is 1. The normalized spacial score (nSPS) is 24.0. The number of halogens is 1. The van der Waals surface area contributed by atoms with Gasteiger partial charge in [0.25, 0.3) is 0 Å². The molecule has 5 heteroatoms. The molecule has 4 nitrogen and oxygen atoms in total. The highest BCUT2D eigenvalue weighted by Crippen LogP contribution is 2.40. The van der Waals surface area contributed by atoms with Crippen molar-refractivity contribution in [1.82, 2.24) is 4.90 Å². The number of benzene rings is 1. The second-order valence-electron chi connectivity index (χ2n) is 6.06. The van der Waals surface area contributed by atoms with Gasteiger partial charge in [0.05, 0.1) is 19.2 Å². The van der Waals surface area contributed by atoms with Crippen molar-refractivity contribution < 1.29 is 13.9 Å². The molecular formula is C17H19FN2O2. The van der Waals surface area contributed by atoms with Gasteiger partial charge in [-0.15, -0.1) is 0 Å². The van der Waals surface area contributed by atoms with E-state index >= 15 is 0 Å². The van der Waals surface area contributed by atoms with Crippen molar-refractivity contribution in [3.05, 3.63) is 35.6 Å². The Labute approximate surface area is 129 Å². The molecule has 0 radical (unpaired) electrons. The molecule has 0 spiro atoms. The molecule has 2 aliphatic rings. The molecule has 0 N–H and O–H groups in total. The zero-order chi connectivity index (χ0) is 15.6. The summed E-state index contributed by atoms with van der Waals surface area (Å²) < 4.78 is 18.7. The van der Waals surface area contributed by atoms with E-state index < -0.39 is 5.41 Å². The second kappa shape index (κ2) is 6.05. The molecule has 0 unspecified atom stereocenters. The standard InChI is InChI=1S/C17H19FN2O2/c18-14-5-3-13(4-6-14)15-11-20(9-10-22-15)16(21)17(12-19)7-1-2-8-17/h3-6,15H,1-2,7-11H2/t15-/m1/s1. The number of ether oxygens (including phenoxy) is 1. The van der Waals surface area contributed by atoms with Gasteiger partial charge in [-0.2, -0.15) is 5.26 Å². The van der Waals surface area contributed by atoms with E-state index in [1.807, 2.05) is 0 Å². The second-order valence-corrected chi connectivity index (χ2v) is 6.06. The zero-order valence-electron chi connectivity index (χ0n) is 12.4. The quantitative estimate of drug-likeness (QED) is 0.844. The Kier molecular flexibility index (Phi) is 4.12. The Morgan fingerprint density at radius 1 is 1.32 bits per heavy atom. The average Bonchev–Trinajstić information content (AvgIpc) is 3.05. The monoisotopic (exact) mass is 302 g/mol. The molecule has 1 aliphatic carbocycles. The molecule has 1 saturated carbocycles. The van der Waals surface area contributed by atoms with E-state index in [0.717, 1.165) is 18.4 Å². The molecule has 1 aromatic rings. The Hall–Kier alpha value is -1.93. The van der Waals surface area contributed by atoms with Crippen LogP contribution in [0.2, 0.25) is 0 Å². The number of carbonyl (C=O) groups is 1. The summed E-state index contributed by atoms with van der Waals surface area (Å²) in [4.78, 5) is 14.5. The predicted octanol–water partition coefficient (Wildman–Crippen LogP) is 2.81. The minimum Gasteiger partial charge on any atom is -0.370 e. The molecule has 1 aliphatic heterocycles. The Balaban J connectivity index is 1.74. The number of nitriles is 1. The topological polar surface area (TPSA) is 53.3 Å². The van der Waals surface area contributed by atoms with E-state index in [1.165, 1.54) is 12.1 Å². The lowest BCUT2D eigenvalue weighted by atomic mass is 9.86. The highest BCUT2D eigenvalue weighted by molar-refractivity contribution is 5.86. The van der Waals surface area contributed by atoms with E-state index in [9.17, 15) is 14.4 Å². The molecule has 2 fully saturated rings. The lowest BCUT2D eigenvalue weighted by Crippen LogP contribution is -2.48. The number of rotatable bonds is 2. The van der Waals surface area contributed by atoms with Gasteiger partial charge in [0.15, 0.2) is 0 Å². The summed E-state index contributed by atoms with van der Waals surface area (Å²) in [6.07, 6.45) is 2.92. The molecule has 1 heterocycles. The number of hydrogen-bond donors (Lipinski definition) is 0. The highest BCUT2D eigenvalue weighted by Gasteiger charge is 2.45. The lowest BCUT2D eigenvalue weighted by molar-refractivity contribution is -0.146. The van der Waals surface area contributed by atoms with E-state index in [1.54, 1.807) is 17.0 Å². The van der Waals surface area contributed by atoms with Crippen LogP contribution in [-0.2, 0) is 9.53 Å². The van der Waals surface area contributed by atoms with E-state index in [2.05, 4.69) is 6.07 Å². The van der Waals surface area contributed by atoms with E-state index in [4.69, 9.17) is 4.74 Å². The smallest absolute Gasteiger partial charge is 0.243 e. The summed E-state index contributed by atoms with van der Waals surface area (Å²) in [5.41, 5.74) is 0.0151. The van der Waals surface area contributed by atoms with E-state index in [0.29, 0.717) is 32.5 Å². The Morgan fingerprint density at radius 2 is 2.00 bits per heavy atom. The molecule has 1 amide bonds. The highest BCUT2D eigenvalue weighted by atomic mass is 19.1. The maximum Gasteiger partial charge on any atom is 0.243 e. The average molecular weight is 302 g/mol. The third kappa shape index (κ3) is 2.71. The molecule has 1 saturated heterocycles. The van der Waals surface area contributed by atoms with Crippen LogP contribution in [0.4, 0.5) is 4.39 Å². The maximum absolute atomic E-state index is 13.0. The van der Waals surface area contributed by atoms with Crippen molar-refractivity contribution in [3.63, 3.8) is 0 Å². The van der Waals surface area contributed by atoms with Crippen molar-refractivity contribution in [2.75, 3.05) is 19.7 Å². The minimum atomic E-state index is -0.843. The summed E-state index contributed by atoms with van der Waals surface area (Å²) in [5, 5.41) is 9.46. The minimum absolute atomic E-state index is 0.0667. The van der Waals surface area contributed by atoms with Crippen LogP contribution in [0.5, 0.6) is 0 Å². The fourth-order valence-corrected chi connectivity index (χ4v) is 3.37. The summed E-state index contributed by atoms with van der Waals surface area (Å²) in [5.74, 6) is -0.357. The van der Waals surface area contributed by atoms with Crippen LogP contribution in [-0.4, -0.2) is 30.5 Å². The molecule has 1 atom stereocenters. The molecule has 0 bridgehead atoms. The molecule has 3 rings (SSSR count). The van der Waals surface area contributed by atoms with Crippen LogP contribution in [0.15, 0.2) is 24.3 Å². The maximum atomic E-state index is 13.0. The zero-order valence-corrected chi connectivity index (χ0v) is 12.4. The van der Waals surface area contributed by atoms with Gasteiger partial charge < -0.3 is 9.64 Å². The first kappa shape index (κ1) is 15.0. The molecular weight excluding hydrogens is 283 g/mol. The summed E-state index contributed by atoms with van der Waals surface area (Å²) >= 11 is 0. The third-order valence-electron chi connectivity index (χ3n) is 4.68. The fraction of sp³-hybridized carbons (Fsp3) is 0.529. The predicted molar refractivity (Wildman–Crippen MR) is 78.2 cm³/mol. The van der Waals surface area contributed by atoms with Gasteiger partial charge in [0.2, 0.25) is 5.91 Å². The van der Waals surface area contributed by atoms with Crippen molar-refractivity contribution >= 4 is 5.91 Å². The van der Waals surface area contributed by atoms with Crippen molar-refractivity contribution in [3.8, 4) is 6.07 Å². The molecule has 22 heavy (non-hydrogen) atoms. The van der Waals surface area contributed by atoms with Crippen LogP contribution < -0.4 is 0 Å². The first-order chi connectivity index (χ1) is 10.6. The Morgan fingerprint density at radius 3 is 2.64 bits per heavy atom. The number of morpholine rings is 1. The number of hydrogen-bond acceptors (Lipinski definition) is 3. The molecule has 0 aromatic heterocycles. The summed E-state index contributed by atoms with van der Waals surface area (Å²) in [6.45, 7) is 1.38. The summed E-state index contributed by atoms with van der Waals surface area (Å²) in [6, 6.07) is 8.42. The molecule has 116 valence electrons. The van der Waals surface area contributed by atoms with Crippen molar-refractivity contribution in [2.45, 2.75) is 31.8 Å². The van der Waals surface area contributed by atoms with Gasteiger partial charge in [-0.25, -0.2) is 4.39 Å². The third-order valence-corrected chi connectivity index (χ3v) is 4.68. The van der Waals surface area contributed by atoms with E-state index in [-0.39, 0.29) is 17.8 Å². The fourth-order valence-electron chi connectivity index (χ4n) is 3.37. The van der Waals surface area contributed by atoms with Crippen molar-refractivity contribution in [2.24, 2.45) is 5.41 Å². The number of nitrogens with zero attached hydrogens (tertiary/aromatic N) is 2. The SMILES string of the molecule is N#CC1(C(=O)N2CCO[C@@H](c3ccc(F)cc3)C2)CCCC1. The van der Waals surface area contributed by atoms with Crippen molar-refractivity contribution in [1.29, 1.82) is 5.26 Å². The van der Waals surface area contributed by atoms with Crippen LogP contribution in [0.1, 0.15) is 37.4 Å². The van der Waals surface area contributed by atoms with Gasteiger partial charge >= 0.3 is 0 Å². The summed E-state index contributed by atoms with van der Waals surface area (Å²) in [7, 11) is 0. The van der Waals surface area contributed by atoms with Gasteiger partial charge in [0.1, 0.15) is 17.3 Å².